The fourth-order valence-corrected chi connectivity index (χ4v) is 3.02. The summed E-state index contributed by atoms with van der Waals surface area (Å²) in [5.41, 5.74) is 0.588. The molecule has 1 aliphatic heterocycles. The summed E-state index contributed by atoms with van der Waals surface area (Å²) >= 11 is 6.29. The van der Waals surface area contributed by atoms with E-state index in [0.717, 1.165) is 25.9 Å². The molecular formula is C18H22Cl3N3O2. The average Bonchev–Trinajstić information content (AvgIpc) is 2.64. The number of nitrogens with one attached hydrogen (secondary N) is 1. The summed E-state index contributed by atoms with van der Waals surface area (Å²) < 4.78 is 5.71. The Labute approximate surface area is 170 Å². The number of piperidine rings is 1. The summed E-state index contributed by atoms with van der Waals surface area (Å²) in [6, 6.07) is 9.16. The predicted octanol–water partition coefficient (Wildman–Crippen LogP) is 4.19. The lowest BCUT2D eigenvalue weighted by molar-refractivity contribution is 0.0707. The van der Waals surface area contributed by atoms with E-state index in [4.69, 9.17) is 16.3 Å². The number of halogens is 3. The summed E-state index contributed by atoms with van der Waals surface area (Å²) in [5, 5.41) is 3.68. The molecule has 0 unspecified atom stereocenters. The molecule has 1 aromatic carbocycles. The summed E-state index contributed by atoms with van der Waals surface area (Å²) in [7, 11) is 1.96. The molecule has 26 heavy (non-hydrogen) atoms. The van der Waals surface area contributed by atoms with Gasteiger partial charge in [0.1, 0.15) is 11.5 Å². The van der Waals surface area contributed by atoms with Crippen LogP contribution in [0, 0.1) is 0 Å². The molecule has 0 aliphatic carbocycles. The monoisotopic (exact) mass is 417 g/mol. The number of benzene rings is 1. The van der Waals surface area contributed by atoms with Crippen LogP contribution in [0.25, 0.3) is 0 Å². The van der Waals surface area contributed by atoms with Crippen LogP contribution < -0.4 is 10.1 Å². The summed E-state index contributed by atoms with van der Waals surface area (Å²) in [6.45, 7) is 1.52. The molecular weight excluding hydrogens is 397 g/mol. The van der Waals surface area contributed by atoms with Gasteiger partial charge in [-0.15, -0.1) is 24.8 Å². The molecule has 0 spiro atoms. The topological polar surface area (TPSA) is 54.5 Å². The maximum absolute atomic E-state index is 12.6. The third-order valence-corrected chi connectivity index (χ3v) is 4.54. The molecule has 8 heteroatoms. The first-order valence-corrected chi connectivity index (χ1v) is 8.39. The van der Waals surface area contributed by atoms with Crippen molar-refractivity contribution in [2.45, 2.75) is 18.9 Å². The van der Waals surface area contributed by atoms with E-state index in [2.05, 4.69) is 10.3 Å². The van der Waals surface area contributed by atoms with Crippen molar-refractivity contribution in [3.8, 4) is 11.5 Å². The van der Waals surface area contributed by atoms with Gasteiger partial charge >= 0.3 is 0 Å². The van der Waals surface area contributed by atoms with Crippen molar-refractivity contribution in [1.29, 1.82) is 0 Å². The number of carbonyl (C=O) groups is 1. The van der Waals surface area contributed by atoms with Crippen LogP contribution in [0.2, 0.25) is 5.02 Å². The highest BCUT2D eigenvalue weighted by atomic mass is 35.5. The SMILES string of the molecule is CNC1CCN(C(=O)c2ccc(Oc3ccncc3)c(Cl)c2)CC1.Cl.Cl. The van der Waals surface area contributed by atoms with Crippen LogP contribution >= 0.6 is 36.4 Å². The van der Waals surface area contributed by atoms with Crippen molar-refractivity contribution >= 4 is 42.3 Å². The molecule has 3 rings (SSSR count). The van der Waals surface area contributed by atoms with Gasteiger partial charge in [0.05, 0.1) is 5.02 Å². The zero-order valence-corrected chi connectivity index (χ0v) is 16.7. The number of hydrogen-bond acceptors (Lipinski definition) is 4. The highest BCUT2D eigenvalue weighted by Gasteiger charge is 2.23. The summed E-state index contributed by atoms with van der Waals surface area (Å²) in [6.07, 6.45) is 5.24. The van der Waals surface area contributed by atoms with E-state index < -0.39 is 0 Å². The van der Waals surface area contributed by atoms with Gasteiger partial charge < -0.3 is 15.0 Å². The van der Waals surface area contributed by atoms with E-state index in [9.17, 15) is 4.79 Å². The first-order valence-electron chi connectivity index (χ1n) is 8.01. The van der Waals surface area contributed by atoms with Crippen LogP contribution in [0.5, 0.6) is 11.5 Å². The second kappa shape index (κ2) is 10.6. The van der Waals surface area contributed by atoms with Gasteiger partial charge in [-0.3, -0.25) is 9.78 Å². The van der Waals surface area contributed by atoms with E-state index in [0.29, 0.717) is 28.1 Å². The van der Waals surface area contributed by atoms with E-state index in [-0.39, 0.29) is 30.7 Å². The molecule has 1 aliphatic rings. The molecule has 1 saturated heterocycles. The van der Waals surface area contributed by atoms with Gasteiger partial charge in [-0.25, -0.2) is 0 Å². The molecule has 1 amide bonds. The second-order valence-electron chi connectivity index (χ2n) is 5.79. The van der Waals surface area contributed by atoms with Crippen LogP contribution in [-0.4, -0.2) is 42.0 Å². The number of aromatic nitrogens is 1. The number of nitrogens with zero attached hydrogens (tertiary/aromatic N) is 2. The lowest BCUT2D eigenvalue weighted by atomic mass is 10.0. The van der Waals surface area contributed by atoms with Gasteiger partial charge in [0.2, 0.25) is 0 Å². The van der Waals surface area contributed by atoms with Crippen LogP contribution in [-0.2, 0) is 0 Å². The zero-order chi connectivity index (χ0) is 16.9. The van der Waals surface area contributed by atoms with Crippen molar-refractivity contribution in [2.75, 3.05) is 20.1 Å². The minimum Gasteiger partial charge on any atom is -0.456 e. The molecule has 1 N–H and O–H groups in total. The van der Waals surface area contributed by atoms with E-state index in [1.807, 2.05) is 11.9 Å². The number of rotatable bonds is 4. The smallest absolute Gasteiger partial charge is 0.253 e. The first-order chi connectivity index (χ1) is 11.7. The zero-order valence-electron chi connectivity index (χ0n) is 14.4. The number of amides is 1. The average molecular weight is 419 g/mol. The normalized spacial score (nSPS) is 14.2. The minimum atomic E-state index is 0. The first kappa shape index (κ1) is 22.5. The standard InChI is InChI=1S/C18H20ClN3O2.2ClH/c1-20-14-6-10-22(11-7-14)18(23)13-2-3-17(16(19)12-13)24-15-4-8-21-9-5-15;;/h2-5,8-9,12,14,20H,6-7,10-11H2,1H3;2*1H. The Morgan fingerprint density at radius 2 is 1.85 bits per heavy atom. The van der Waals surface area contributed by atoms with Gasteiger partial charge in [0.25, 0.3) is 5.91 Å². The van der Waals surface area contributed by atoms with Crippen LogP contribution in [0.3, 0.4) is 0 Å². The van der Waals surface area contributed by atoms with Gasteiger partial charge in [-0.1, -0.05) is 11.6 Å². The molecule has 5 nitrogen and oxygen atoms in total. The molecule has 142 valence electrons. The molecule has 0 saturated carbocycles. The number of hydrogen-bond donors (Lipinski definition) is 1. The van der Waals surface area contributed by atoms with Gasteiger partial charge in [-0.05, 0) is 50.2 Å². The second-order valence-corrected chi connectivity index (χ2v) is 6.19. The molecule has 0 atom stereocenters. The maximum Gasteiger partial charge on any atom is 0.253 e. The lowest BCUT2D eigenvalue weighted by Gasteiger charge is -2.31. The van der Waals surface area contributed by atoms with Crippen molar-refractivity contribution < 1.29 is 9.53 Å². The van der Waals surface area contributed by atoms with E-state index in [1.54, 1.807) is 42.7 Å². The fraction of sp³-hybridized carbons (Fsp3) is 0.333. The van der Waals surface area contributed by atoms with Crippen molar-refractivity contribution in [2.24, 2.45) is 0 Å². The highest BCUT2D eigenvalue weighted by molar-refractivity contribution is 6.32. The molecule has 0 bridgehead atoms. The molecule has 1 fully saturated rings. The number of ether oxygens (including phenoxy) is 1. The molecule has 2 heterocycles. The Morgan fingerprint density at radius 3 is 2.42 bits per heavy atom. The van der Waals surface area contributed by atoms with E-state index in [1.165, 1.54) is 0 Å². The molecule has 1 aromatic heterocycles. The van der Waals surface area contributed by atoms with Crippen LogP contribution in [0.15, 0.2) is 42.7 Å². The summed E-state index contributed by atoms with van der Waals surface area (Å²) in [4.78, 5) is 18.4. The van der Waals surface area contributed by atoms with Gasteiger partial charge in [-0.2, -0.15) is 0 Å². The Balaban J connectivity index is 0.00000169. The predicted molar refractivity (Wildman–Crippen MR) is 108 cm³/mol. The van der Waals surface area contributed by atoms with Crippen molar-refractivity contribution in [1.82, 2.24) is 15.2 Å². The quantitative estimate of drug-likeness (QED) is 0.808. The third-order valence-electron chi connectivity index (χ3n) is 4.25. The Morgan fingerprint density at radius 1 is 1.19 bits per heavy atom. The fourth-order valence-electron chi connectivity index (χ4n) is 2.80. The number of pyridine rings is 1. The highest BCUT2D eigenvalue weighted by Crippen LogP contribution is 2.30. The van der Waals surface area contributed by atoms with Crippen LogP contribution in [0.1, 0.15) is 23.2 Å². The van der Waals surface area contributed by atoms with Crippen molar-refractivity contribution in [3.63, 3.8) is 0 Å². The number of likely N-dealkylation sites (tertiary alicyclic amines) is 1. The van der Waals surface area contributed by atoms with Gasteiger partial charge in [0.15, 0.2) is 0 Å². The molecule has 2 aromatic rings. The lowest BCUT2D eigenvalue weighted by Crippen LogP contribution is -2.43. The largest absolute Gasteiger partial charge is 0.456 e. The Bertz CT molecular complexity index is 708. The Kier molecular flexibility index (Phi) is 9.16. The number of carbonyl (C=O) groups excluding carboxylic acids is 1. The van der Waals surface area contributed by atoms with E-state index >= 15 is 0 Å². The Hall–Kier alpha value is -1.53. The molecule has 0 radical (unpaired) electrons. The summed E-state index contributed by atoms with van der Waals surface area (Å²) in [5.74, 6) is 1.19. The van der Waals surface area contributed by atoms with Gasteiger partial charge in [0, 0.05) is 37.1 Å². The van der Waals surface area contributed by atoms with Crippen molar-refractivity contribution in [3.05, 3.63) is 53.3 Å². The maximum atomic E-state index is 12.6. The minimum absolute atomic E-state index is 0. The van der Waals surface area contributed by atoms with Crippen LogP contribution in [0.4, 0.5) is 0 Å². The third kappa shape index (κ3) is 5.48.